The summed E-state index contributed by atoms with van der Waals surface area (Å²) < 4.78 is 0. The summed E-state index contributed by atoms with van der Waals surface area (Å²) in [6.45, 7) is 5.10. The lowest BCUT2D eigenvalue weighted by Gasteiger charge is -2.33. The van der Waals surface area contributed by atoms with Crippen molar-refractivity contribution < 1.29 is 14.7 Å². The molecule has 3 aliphatic rings. The maximum atomic E-state index is 12.9. The summed E-state index contributed by atoms with van der Waals surface area (Å²) in [7, 11) is 0. The van der Waals surface area contributed by atoms with Crippen LogP contribution in [0.3, 0.4) is 0 Å². The molecule has 4 rings (SSSR count). The van der Waals surface area contributed by atoms with Crippen molar-refractivity contribution in [2.45, 2.75) is 58.0 Å². The predicted molar refractivity (Wildman–Crippen MR) is 121 cm³/mol. The first-order valence-electron chi connectivity index (χ1n) is 11.4. The number of rotatable bonds is 5. The number of aliphatic carboxylic acids is 1. The first-order chi connectivity index (χ1) is 15.0. The van der Waals surface area contributed by atoms with E-state index < -0.39 is 12.0 Å². The van der Waals surface area contributed by atoms with Gasteiger partial charge in [-0.1, -0.05) is 50.1 Å². The molecule has 0 radical (unpaired) electrons. The second-order valence-electron chi connectivity index (χ2n) is 9.10. The number of carbonyl (C=O) groups is 2. The molecule has 0 aromatic heterocycles. The van der Waals surface area contributed by atoms with Crippen LogP contribution in [-0.2, 0) is 4.79 Å². The lowest BCUT2D eigenvalue weighted by molar-refractivity contribution is -0.140. The van der Waals surface area contributed by atoms with Crippen molar-refractivity contribution in [2.75, 3.05) is 13.1 Å². The quantitative estimate of drug-likeness (QED) is 0.670. The lowest BCUT2D eigenvalue weighted by atomic mass is 9.76. The lowest BCUT2D eigenvalue weighted by Crippen LogP contribution is -2.52. The molecule has 166 valence electrons. The van der Waals surface area contributed by atoms with Gasteiger partial charge in [-0.2, -0.15) is 0 Å². The van der Waals surface area contributed by atoms with E-state index >= 15 is 0 Å². The molecule has 1 aromatic rings. The van der Waals surface area contributed by atoms with Crippen LogP contribution in [0.4, 0.5) is 4.79 Å². The molecule has 3 N–H and O–H groups in total. The molecule has 1 fully saturated rings. The zero-order chi connectivity index (χ0) is 22.0. The van der Waals surface area contributed by atoms with Gasteiger partial charge in [0.2, 0.25) is 0 Å². The standard InChI is InChI=1S/C25H33N3O3/c1-16-7-3-4-8-19(16)18-11-13-28(14-12-18)25(31)27-23(24(29)30)17(2)21-15-26-22-10-6-5-9-20(21)22/h3-4,7-8,11,15,17,20,22-23,26H,5-6,9-10,12-14H2,1-2H3,(H,27,31)(H,29,30)/t17-,20-,22?,23+/m0/s1. The summed E-state index contributed by atoms with van der Waals surface area (Å²) in [6, 6.07) is 7.46. The van der Waals surface area contributed by atoms with Crippen molar-refractivity contribution in [3.63, 3.8) is 0 Å². The van der Waals surface area contributed by atoms with Crippen LogP contribution in [0.2, 0.25) is 0 Å². The van der Waals surface area contributed by atoms with Gasteiger partial charge in [0.15, 0.2) is 0 Å². The fourth-order valence-electron chi connectivity index (χ4n) is 5.36. The van der Waals surface area contributed by atoms with Crippen LogP contribution in [0.15, 0.2) is 42.1 Å². The summed E-state index contributed by atoms with van der Waals surface area (Å²) in [4.78, 5) is 26.7. The first kappa shape index (κ1) is 21.5. The highest BCUT2D eigenvalue weighted by Crippen LogP contribution is 2.38. The van der Waals surface area contributed by atoms with E-state index in [1.165, 1.54) is 29.5 Å². The van der Waals surface area contributed by atoms with Crippen molar-refractivity contribution >= 4 is 17.6 Å². The Bertz CT molecular complexity index is 907. The van der Waals surface area contributed by atoms with E-state index in [1.54, 1.807) is 4.90 Å². The average molecular weight is 424 g/mol. The smallest absolute Gasteiger partial charge is 0.326 e. The van der Waals surface area contributed by atoms with Crippen molar-refractivity contribution in [2.24, 2.45) is 11.8 Å². The Kier molecular flexibility index (Phi) is 6.35. The van der Waals surface area contributed by atoms with Gasteiger partial charge in [-0.05, 0) is 54.7 Å². The molecule has 4 atom stereocenters. The predicted octanol–water partition coefficient (Wildman–Crippen LogP) is 3.93. The van der Waals surface area contributed by atoms with Crippen molar-refractivity contribution in [3.8, 4) is 0 Å². The van der Waals surface area contributed by atoms with E-state index in [2.05, 4.69) is 35.8 Å². The van der Waals surface area contributed by atoms with Crippen LogP contribution >= 0.6 is 0 Å². The summed E-state index contributed by atoms with van der Waals surface area (Å²) in [6.07, 6.45) is 9.48. The molecule has 6 nitrogen and oxygen atoms in total. The van der Waals surface area contributed by atoms with Gasteiger partial charge in [0.05, 0.1) is 0 Å². The zero-order valence-corrected chi connectivity index (χ0v) is 18.4. The molecule has 1 unspecified atom stereocenters. The van der Waals surface area contributed by atoms with Gasteiger partial charge in [0.1, 0.15) is 6.04 Å². The minimum absolute atomic E-state index is 0.245. The van der Waals surface area contributed by atoms with Gasteiger partial charge in [-0.3, -0.25) is 0 Å². The minimum atomic E-state index is -0.978. The van der Waals surface area contributed by atoms with Crippen molar-refractivity contribution in [1.82, 2.24) is 15.5 Å². The highest BCUT2D eigenvalue weighted by molar-refractivity contribution is 5.84. The number of aryl methyl sites for hydroxylation is 1. The normalized spacial score (nSPS) is 24.9. The molecule has 6 heteroatoms. The molecule has 2 heterocycles. The van der Waals surface area contributed by atoms with E-state index in [0.29, 0.717) is 25.0 Å². The number of nitrogens with one attached hydrogen (secondary N) is 2. The van der Waals surface area contributed by atoms with E-state index in [0.717, 1.165) is 24.8 Å². The number of urea groups is 1. The van der Waals surface area contributed by atoms with Crippen molar-refractivity contribution in [1.29, 1.82) is 0 Å². The zero-order valence-electron chi connectivity index (χ0n) is 18.4. The summed E-state index contributed by atoms with van der Waals surface area (Å²) in [5.74, 6) is -0.837. The van der Waals surface area contributed by atoms with Crippen molar-refractivity contribution in [3.05, 3.63) is 53.2 Å². The average Bonchev–Trinajstić information content (AvgIpc) is 3.21. The summed E-state index contributed by atoms with van der Waals surface area (Å²) in [5.41, 5.74) is 4.83. The summed E-state index contributed by atoms with van der Waals surface area (Å²) in [5, 5.41) is 16.1. The monoisotopic (exact) mass is 423 g/mol. The molecule has 0 saturated heterocycles. The van der Waals surface area contributed by atoms with Crippen LogP contribution in [-0.4, -0.2) is 47.2 Å². The number of carbonyl (C=O) groups excluding carboxylic acids is 1. The molecule has 0 bridgehead atoms. The third-order valence-electron chi connectivity index (χ3n) is 7.22. The Labute approximate surface area is 184 Å². The molecular weight excluding hydrogens is 390 g/mol. The van der Waals surface area contributed by atoms with E-state index in [1.807, 2.05) is 25.3 Å². The number of fused-ring (bicyclic) bond motifs is 1. The van der Waals surface area contributed by atoms with Gasteiger partial charge in [-0.15, -0.1) is 0 Å². The summed E-state index contributed by atoms with van der Waals surface area (Å²) >= 11 is 0. The Morgan fingerprint density at radius 3 is 2.71 bits per heavy atom. The molecule has 2 aliphatic heterocycles. The second-order valence-corrected chi connectivity index (χ2v) is 9.10. The van der Waals surface area contributed by atoms with Crippen LogP contribution in [0.25, 0.3) is 5.57 Å². The maximum Gasteiger partial charge on any atom is 0.326 e. The maximum absolute atomic E-state index is 12.9. The molecule has 1 saturated carbocycles. The van der Waals surface area contributed by atoms with E-state index in [9.17, 15) is 14.7 Å². The van der Waals surface area contributed by atoms with Gasteiger partial charge < -0.3 is 20.6 Å². The molecular formula is C25H33N3O3. The fraction of sp³-hybridized carbons (Fsp3) is 0.520. The molecule has 2 amide bonds. The molecule has 1 aliphatic carbocycles. The third-order valence-corrected chi connectivity index (χ3v) is 7.22. The number of hydrogen-bond donors (Lipinski definition) is 3. The number of benzene rings is 1. The van der Waals surface area contributed by atoms with Crippen LogP contribution in [0, 0.1) is 18.8 Å². The highest BCUT2D eigenvalue weighted by Gasteiger charge is 2.39. The number of carboxylic acid groups (broad SMARTS) is 1. The first-order valence-corrected chi connectivity index (χ1v) is 11.4. The van der Waals surface area contributed by atoms with Gasteiger partial charge in [0.25, 0.3) is 0 Å². The molecule has 0 spiro atoms. The topological polar surface area (TPSA) is 81.7 Å². The third kappa shape index (κ3) is 4.48. The van der Waals surface area contributed by atoms with Gasteiger partial charge >= 0.3 is 12.0 Å². The fourth-order valence-corrected chi connectivity index (χ4v) is 5.36. The number of amides is 2. The molecule has 31 heavy (non-hydrogen) atoms. The molecule has 1 aromatic carbocycles. The number of nitrogens with zero attached hydrogens (tertiary/aromatic N) is 1. The largest absolute Gasteiger partial charge is 0.480 e. The number of carboxylic acids is 1. The highest BCUT2D eigenvalue weighted by atomic mass is 16.4. The Hall–Kier alpha value is -2.76. The SMILES string of the molecule is Cc1ccccc1C1=CCN(C(=O)N[C@@H](C(=O)O)[C@@H](C)C2=CNC3CCCC[C@@H]23)CC1. The minimum Gasteiger partial charge on any atom is -0.480 e. The second kappa shape index (κ2) is 9.16. The van der Waals surface area contributed by atoms with E-state index in [-0.39, 0.29) is 11.9 Å². The van der Waals surface area contributed by atoms with Crippen LogP contribution in [0.1, 0.15) is 50.2 Å². The Morgan fingerprint density at radius 2 is 2.00 bits per heavy atom. The Morgan fingerprint density at radius 1 is 1.23 bits per heavy atom. The van der Waals surface area contributed by atoms with Crippen LogP contribution in [0.5, 0.6) is 0 Å². The van der Waals surface area contributed by atoms with Gasteiger partial charge in [-0.25, -0.2) is 9.59 Å². The van der Waals surface area contributed by atoms with Crippen LogP contribution < -0.4 is 10.6 Å². The Balaban J connectivity index is 1.40. The number of hydrogen-bond acceptors (Lipinski definition) is 3. The van der Waals surface area contributed by atoms with E-state index in [4.69, 9.17) is 0 Å². The van der Waals surface area contributed by atoms with Gasteiger partial charge in [0, 0.05) is 31.0 Å².